The Labute approximate surface area is 398 Å². The molecular weight excluding hydrogens is 912 g/mol. The van der Waals surface area contributed by atoms with E-state index in [1.807, 2.05) is 146 Å². The zero-order valence-electron chi connectivity index (χ0n) is 35.4. The minimum atomic E-state index is 0. The Kier molecular flexibility index (Phi) is 10.0. The Hall–Kier alpha value is -9.72. The van der Waals surface area contributed by atoms with Crippen LogP contribution in [0.4, 0.5) is 0 Å². The SMILES string of the molecule is C1=Cc2nc1c(-c1ccc(-c3nnn[nH]3)cc1)c1ccc([n-]1)c(-c1ccc(-c3nnn[nH]3)cc1)c1nc(c(-c3ccc(-c4nnn[nH]4)cc3)c3ccc([n-]3)c2-c2ccc(-c3nnn[nH]3)cc2)C=C1.[Mn+3]. The summed E-state index contributed by atoms with van der Waals surface area (Å²) in [6, 6.07) is 40.1. The summed E-state index contributed by atoms with van der Waals surface area (Å²) in [4.78, 5) is 21.6. The first-order valence-electron chi connectivity index (χ1n) is 21.1. The molecule has 2 aliphatic rings. The molecule has 0 saturated heterocycles. The van der Waals surface area contributed by atoms with Gasteiger partial charge in [0.2, 0.25) is 0 Å². The summed E-state index contributed by atoms with van der Waals surface area (Å²) in [6.07, 6.45) is 8.11. The first kappa shape index (κ1) is 40.8. The van der Waals surface area contributed by atoms with Gasteiger partial charge in [0.05, 0.1) is 22.8 Å². The Bertz CT molecular complexity index is 3350. The fourth-order valence-electron chi connectivity index (χ4n) is 8.58. The van der Waals surface area contributed by atoms with Crippen LogP contribution in [0.5, 0.6) is 0 Å². The molecule has 21 heteroatoms. The third-order valence-corrected chi connectivity index (χ3v) is 11.8. The van der Waals surface area contributed by atoms with Gasteiger partial charge in [-0.2, -0.15) is 0 Å². The fraction of sp³-hybridized carbons (Fsp3) is 0. The van der Waals surface area contributed by atoms with Gasteiger partial charge < -0.3 is 9.97 Å². The Morgan fingerprint density at radius 3 is 0.696 bits per heavy atom. The van der Waals surface area contributed by atoms with E-state index in [9.17, 15) is 0 Å². The van der Waals surface area contributed by atoms with Gasteiger partial charge in [0.1, 0.15) is 0 Å². The van der Waals surface area contributed by atoms with Crippen LogP contribution >= 0.6 is 0 Å². The zero-order chi connectivity index (χ0) is 45.0. The largest absolute Gasteiger partial charge is 3.00 e. The molecule has 11 aromatic rings. The first-order valence-corrected chi connectivity index (χ1v) is 21.1. The van der Waals surface area contributed by atoms with Crippen molar-refractivity contribution in [2.45, 2.75) is 0 Å². The molecule has 2 aliphatic heterocycles. The van der Waals surface area contributed by atoms with E-state index in [-0.39, 0.29) is 17.1 Å². The van der Waals surface area contributed by atoms with Gasteiger partial charge in [-0.05, 0) is 111 Å². The van der Waals surface area contributed by atoms with E-state index in [2.05, 4.69) is 82.5 Å². The van der Waals surface area contributed by atoms with Gasteiger partial charge >= 0.3 is 17.1 Å². The predicted octanol–water partition coefficient (Wildman–Crippen LogP) is 7.30. The van der Waals surface area contributed by atoms with Gasteiger partial charge in [0.15, 0.2) is 23.3 Å². The van der Waals surface area contributed by atoms with Crippen molar-refractivity contribution in [3.8, 4) is 90.1 Å². The summed E-state index contributed by atoms with van der Waals surface area (Å²) < 4.78 is 0. The number of hydrogen-bond acceptors (Lipinski definition) is 14. The molecule has 0 atom stereocenters. The van der Waals surface area contributed by atoms with E-state index < -0.39 is 0 Å². The molecule has 7 aromatic heterocycles. The van der Waals surface area contributed by atoms with Crippen LogP contribution in [0.25, 0.3) is 136 Å². The van der Waals surface area contributed by atoms with Crippen molar-refractivity contribution in [3.63, 3.8) is 0 Å². The standard InChI is InChI=1S/C48H28N20.Mn/c1-9-29(45-53-61-62-54-45)10-2-25(1)41-33-17-19-35(49-33)42(26-3-11-30(12-4-26)46-55-63-64-56-46)37-21-23-39(51-37)44(28-7-15-32(16-8-28)48-59-67-68-60-48)40-24-22-38(52-40)43(36-20-18-34(41)50-36)27-5-13-31(14-6-27)47-57-65-66-58-47;/h1-24H,(H,53,54,61,62)(H,55,56,63,64)(H,57,58,65,66)(H,59,60,67,68);/q-2;+3. The maximum absolute atomic E-state index is 5.41. The van der Waals surface area contributed by atoms with Crippen molar-refractivity contribution in [2.75, 3.05) is 0 Å². The summed E-state index contributed by atoms with van der Waals surface area (Å²) in [5.74, 6) is 2.23. The third-order valence-electron chi connectivity index (χ3n) is 11.8. The van der Waals surface area contributed by atoms with E-state index >= 15 is 0 Å². The number of fused-ring (bicyclic) bond motifs is 8. The molecule has 8 bridgehead atoms. The van der Waals surface area contributed by atoms with Crippen molar-refractivity contribution in [1.29, 1.82) is 0 Å². The number of tetrazole rings is 4. The predicted molar refractivity (Wildman–Crippen MR) is 251 cm³/mol. The molecule has 326 valence electrons. The average molecular weight is 940 g/mol. The van der Waals surface area contributed by atoms with E-state index in [0.29, 0.717) is 68.1 Å². The third kappa shape index (κ3) is 7.37. The van der Waals surface area contributed by atoms with Gasteiger partial charge in [-0.3, -0.25) is 0 Å². The molecule has 20 nitrogen and oxygen atoms in total. The number of aromatic nitrogens is 20. The molecule has 0 fully saturated rings. The average Bonchev–Trinajstić information content (AvgIpc) is 4.24. The number of H-pyrrole nitrogens is 4. The van der Waals surface area contributed by atoms with Crippen LogP contribution in [0.15, 0.2) is 121 Å². The molecule has 0 aliphatic carbocycles. The van der Waals surface area contributed by atoms with Crippen molar-refractivity contribution in [2.24, 2.45) is 0 Å². The Morgan fingerprint density at radius 2 is 0.493 bits per heavy atom. The molecule has 9 heterocycles. The zero-order valence-corrected chi connectivity index (χ0v) is 36.6. The number of benzene rings is 4. The summed E-state index contributed by atoms with van der Waals surface area (Å²) in [5.41, 5.74) is 15.9. The van der Waals surface area contributed by atoms with Crippen molar-refractivity contribution >= 4 is 46.4 Å². The number of aromatic amines is 4. The molecule has 0 spiro atoms. The smallest absolute Gasteiger partial charge is 0.657 e. The molecule has 4 N–H and O–H groups in total. The number of rotatable bonds is 8. The van der Waals surface area contributed by atoms with Crippen LogP contribution in [0.1, 0.15) is 22.8 Å². The molecule has 0 amide bonds. The summed E-state index contributed by atoms with van der Waals surface area (Å²) in [5, 5.41) is 58.0. The maximum atomic E-state index is 5.41. The second-order valence-corrected chi connectivity index (χ2v) is 15.7. The molecule has 0 saturated carbocycles. The van der Waals surface area contributed by atoms with Gasteiger partial charge in [-0.25, -0.2) is 30.4 Å². The number of nitrogens with one attached hydrogen (secondary N) is 4. The van der Waals surface area contributed by atoms with Crippen LogP contribution in [0.3, 0.4) is 0 Å². The molecule has 0 unspecified atom stereocenters. The van der Waals surface area contributed by atoms with Crippen molar-refractivity contribution < 1.29 is 17.1 Å². The van der Waals surface area contributed by atoms with Crippen LogP contribution in [-0.4, -0.2) is 92.5 Å². The van der Waals surface area contributed by atoms with Gasteiger partial charge in [0, 0.05) is 22.3 Å². The molecule has 4 aromatic carbocycles. The number of nitrogens with zero attached hydrogens (tertiary/aromatic N) is 16. The van der Waals surface area contributed by atoms with Crippen LogP contribution in [0.2, 0.25) is 0 Å². The normalized spacial score (nSPS) is 11.8. The minimum absolute atomic E-state index is 0. The summed E-state index contributed by atoms with van der Waals surface area (Å²) in [6.45, 7) is 0. The van der Waals surface area contributed by atoms with E-state index in [4.69, 9.17) is 19.9 Å². The molecule has 0 radical (unpaired) electrons. The van der Waals surface area contributed by atoms with E-state index in [0.717, 1.165) is 66.8 Å². The fourth-order valence-corrected chi connectivity index (χ4v) is 8.58. The summed E-state index contributed by atoms with van der Waals surface area (Å²) >= 11 is 0. The quantitative estimate of drug-likeness (QED) is 0.109. The maximum Gasteiger partial charge on any atom is 3.00 e. The molecule has 13 rings (SSSR count). The van der Waals surface area contributed by atoms with E-state index in [1.54, 1.807) is 0 Å². The summed E-state index contributed by atoms with van der Waals surface area (Å²) in [7, 11) is 0. The second-order valence-electron chi connectivity index (χ2n) is 15.7. The topological polar surface area (TPSA) is 272 Å². The van der Waals surface area contributed by atoms with Gasteiger partial charge in [0.25, 0.3) is 0 Å². The second kappa shape index (κ2) is 16.9. The van der Waals surface area contributed by atoms with Crippen LogP contribution in [0, 0.1) is 0 Å². The Balaban J connectivity index is 0.00000492. The molecular formula is C48H28MnN20+. The van der Waals surface area contributed by atoms with Crippen molar-refractivity contribution in [3.05, 3.63) is 144 Å². The first-order chi connectivity index (χ1) is 33.7. The van der Waals surface area contributed by atoms with Gasteiger partial charge in [-0.1, -0.05) is 121 Å². The van der Waals surface area contributed by atoms with Crippen molar-refractivity contribution in [1.82, 2.24) is 102 Å². The number of hydrogen-bond donors (Lipinski definition) is 4. The monoisotopic (exact) mass is 939 g/mol. The van der Waals surface area contributed by atoms with Gasteiger partial charge in [-0.15, -0.1) is 42.5 Å². The van der Waals surface area contributed by atoms with Crippen LogP contribution < -0.4 is 9.97 Å². The van der Waals surface area contributed by atoms with Crippen LogP contribution in [-0.2, 0) is 17.1 Å². The molecule has 69 heavy (non-hydrogen) atoms. The van der Waals surface area contributed by atoms with E-state index in [1.165, 1.54) is 0 Å². The minimum Gasteiger partial charge on any atom is -0.657 e. The Morgan fingerprint density at radius 1 is 0.275 bits per heavy atom.